The van der Waals surface area contributed by atoms with Crippen molar-refractivity contribution in [3.63, 3.8) is 0 Å². The van der Waals surface area contributed by atoms with Gasteiger partial charge in [-0.05, 0) is 12.8 Å². The molecule has 1 aromatic rings. The quantitative estimate of drug-likeness (QED) is 0.784. The Hall–Kier alpha value is -1.65. The number of amides is 1. The van der Waals surface area contributed by atoms with E-state index in [-0.39, 0.29) is 12.5 Å². The Balaban J connectivity index is 2.54. The maximum atomic E-state index is 11.2. The predicted octanol–water partition coefficient (Wildman–Crippen LogP) is 1.15. The standard InChI is InChI=1S/C11H18N4O/c1-4-12-11(16)6-13-10-5-9(8(2)3)14-7-15-10/h5,7-8H,4,6H2,1-3H3,(H,12,16)(H,13,14,15). The Morgan fingerprint density at radius 2 is 2.19 bits per heavy atom. The fourth-order valence-electron chi connectivity index (χ4n) is 1.22. The molecule has 0 spiro atoms. The van der Waals surface area contributed by atoms with Crippen LogP contribution in [0.15, 0.2) is 12.4 Å². The van der Waals surface area contributed by atoms with Crippen LogP contribution in [0.25, 0.3) is 0 Å². The van der Waals surface area contributed by atoms with E-state index >= 15 is 0 Å². The van der Waals surface area contributed by atoms with Gasteiger partial charge in [-0.15, -0.1) is 0 Å². The number of rotatable bonds is 5. The van der Waals surface area contributed by atoms with E-state index in [0.717, 1.165) is 5.69 Å². The number of nitrogens with one attached hydrogen (secondary N) is 2. The highest BCUT2D eigenvalue weighted by Crippen LogP contribution is 2.13. The molecule has 0 fully saturated rings. The molecule has 0 radical (unpaired) electrons. The number of carbonyl (C=O) groups is 1. The summed E-state index contributed by atoms with van der Waals surface area (Å²) in [5.41, 5.74) is 0.966. The van der Waals surface area contributed by atoms with Crippen molar-refractivity contribution >= 4 is 11.7 Å². The van der Waals surface area contributed by atoms with Gasteiger partial charge in [-0.25, -0.2) is 9.97 Å². The van der Waals surface area contributed by atoms with Gasteiger partial charge in [0.25, 0.3) is 0 Å². The van der Waals surface area contributed by atoms with Gasteiger partial charge >= 0.3 is 0 Å². The first kappa shape index (κ1) is 12.4. The lowest BCUT2D eigenvalue weighted by atomic mass is 10.1. The van der Waals surface area contributed by atoms with Gasteiger partial charge in [0.15, 0.2) is 0 Å². The van der Waals surface area contributed by atoms with Gasteiger partial charge in [-0.1, -0.05) is 13.8 Å². The third kappa shape index (κ3) is 3.84. The minimum atomic E-state index is -0.0350. The predicted molar refractivity (Wildman–Crippen MR) is 63.3 cm³/mol. The summed E-state index contributed by atoms with van der Waals surface area (Å²) in [6.07, 6.45) is 1.51. The molecule has 0 aliphatic rings. The lowest BCUT2D eigenvalue weighted by Gasteiger charge is -2.08. The first-order valence-corrected chi connectivity index (χ1v) is 5.46. The fraction of sp³-hybridized carbons (Fsp3) is 0.545. The van der Waals surface area contributed by atoms with Gasteiger partial charge < -0.3 is 10.6 Å². The van der Waals surface area contributed by atoms with Crippen LogP contribution in [0.2, 0.25) is 0 Å². The van der Waals surface area contributed by atoms with Gasteiger partial charge in [0.05, 0.1) is 6.54 Å². The van der Waals surface area contributed by atoms with Crippen molar-refractivity contribution in [1.82, 2.24) is 15.3 Å². The molecular weight excluding hydrogens is 204 g/mol. The van der Waals surface area contributed by atoms with Gasteiger partial charge in [-0.2, -0.15) is 0 Å². The van der Waals surface area contributed by atoms with Crippen LogP contribution in [0.5, 0.6) is 0 Å². The number of hydrogen-bond acceptors (Lipinski definition) is 4. The maximum Gasteiger partial charge on any atom is 0.239 e. The van der Waals surface area contributed by atoms with Gasteiger partial charge in [0.2, 0.25) is 5.91 Å². The van der Waals surface area contributed by atoms with Crippen LogP contribution in [0.1, 0.15) is 32.4 Å². The highest BCUT2D eigenvalue weighted by Gasteiger charge is 2.04. The van der Waals surface area contributed by atoms with E-state index in [9.17, 15) is 4.79 Å². The lowest BCUT2D eigenvalue weighted by molar-refractivity contribution is -0.119. The van der Waals surface area contributed by atoms with Crippen molar-refractivity contribution < 1.29 is 4.79 Å². The molecule has 0 aromatic carbocycles. The minimum absolute atomic E-state index is 0.0350. The van der Waals surface area contributed by atoms with Crippen molar-refractivity contribution in [3.8, 4) is 0 Å². The largest absolute Gasteiger partial charge is 0.361 e. The molecule has 1 amide bonds. The minimum Gasteiger partial charge on any atom is -0.361 e. The Morgan fingerprint density at radius 3 is 2.81 bits per heavy atom. The average molecular weight is 222 g/mol. The molecule has 1 rings (SSSR count). The Morgan fingerprint density at radius 1 is 1.44 bits per heavy atom. The molecule has 5 heteroatoms. The zero-order valence-corrected chi connectivity index (χ0v) is 9.95. The summed E-state index contributed by atoms with van der Waals surface area (Å²) in [6.45, 7) is 6.90. The second kappa shape index (κ2) is 6.05. The topological polar surface area (TPSA) is 66.9 Å². The van der Waals surface area contributed by atoms with Crippen LogP contribution < -0.4 is 10.6 Å². The molecule has 2 N–H and O–H groups in total. The van der Waals surface area contributed by atoms with Gasteiger partial charge in [-0.3, -0.25) is 4.79 Å². The van der Waals surface area contributed by atoms with E-state index in [1.807, 2.05) is 13.0 Å². The summed E-state index contributed by atoms with van der Waals surface area (Å²) in [6, 6.07) is 1.86. The molecule has 1 aromatic heterocycles. The monoisotopic (exact) mass is 222 g/mol. The molecule has 0 saturated carbocycles. The summed E-state index contributed by atoms with van der Waals surface area (Å²) in [4.78, 5) is 19.4. The van der Waals surface area contributed by atoms with Gasteiger partial charge in [0.1, 0.15) is 12.1 Å². The van der Waals surface area contributed by atoms with Crippen LogP contribution in [0.3, 0.4) is 0 Å². The number of likely N-dealkylation sites (N-methyl/N-ethyl adjacent to an activating group) is 1. The Bertz CT molecular complexity index is 352. The second-order valence-corrected chi connectivity index (χ2v) is 3.79. The molecular formula is C11H18N4O. The first-order chi connectivity index (χ1) is 7.63. The number of carbonyl (C=O) groups excluding carboxylic acids is 1. The third-order valence-electron chi connectivity index (χ3n) is 2.08. The number of hydrogen-bond donors (Lipinski definition) is 2. The van der Waals surface area contributed by atoms with E-state index in [0.29, 0.717) is 18.3 Å². The molecule has 0 unspecified atom stereocenters. The van der Waals surface area contributed by atoms with Crippen LogP contribution in [-0.4, -0.2) is 29.0 Å². The summed E-state index contributed by atoms with van der Waals surface area (Å²) in [5, 5.41) is 5.67. The van der Waals surface area contributed by atoms with Crippen molar-refractivity contribution in [2.75, 3.05) is 18.4 Å². The van der Waals surface area contributed by atoms with Crippen molar-refractivity contribution in [2.45, 2.75) is 26.7 Å². The number of aromatic nitrogens is 2. The Labute approximate surface area is 95.7 Å². The molecule has 0 aliphatic heterocycles. The van der Waals surface area contributed by atoms with Crippen LogP contribution >= 0.6 is 0 Å². The second-order valence-electron chi connectivity index (χ2n) is 3.79. The molecule has 5 nitrogen and oxygen atoms in total. The molecule has 1 heterocycles. The van der Waals surface area contributed by atoms with E-state index in [2.05, 4.69) is 34.4 Å². The van der Waals surface area contributed by atoms with Crippen molar-refractivity contribution in [3.05, 3.63) is 18.1 Å². The van der Waals surface area contributed by atoms with Crippen molar-refractivity contribution in [1.29, 1.82) is 0 Å². The average Bonchev–Trinajstić information content (AvgIpc) is 2.27. The fourth-order valence-corrected chi connectivity index (χ4v) is 1.22. The first-order valence-electron chi connectivity index (χ1n) is 5.46. The van der Waals surface area contributed by atoms with Gasteiger partial charge in [0, 0.05) is 18.3 Å². The zero-order chi connectivity index (χ0) is 12.0. The third-order valence-corrected chi connectivity index (χ3v) is 2.08. The summed E-state index contributed by atoms with van der Waals surface area (Å²) >= 11 is 0. The summed E-state index contributed by atoms with van der Waals surface area (Å²) in [7, 11) is 0. The highest BCUT2D eigenvalue weighted by molar-refractivity contribution is 5.80. The summed E-state index contributed by atoms with van der Waals surface area (Å²) < 4.78 is 0. The number of anilines is 1. The molecule has 0 aliphatic carbocycles. The van der Waals surface area contributed by atoms with E-state index < -0.39 is 0 Å². The van der Waals surface area contributed by atoms with Crippen LogP contribution in [0, 0.1) is 0 Å². The highest BCUT2D eigenvalue weighted by atomic mass is 16.1. The normalized spacial score (nSPS) is 10.2. The van der Waals surface area contributed by atoms with Crippen LogP contribution in [0.4, 0.5) is 5.82 Å². The molecule has 88 valence electrons. The summed E-state index contributed by atoms with van der Waals surface area (Å²) in [5.74, 6) is 1.00. The Kier molecular flexibility index (Phi) is 4.69. The maximum absolute atomic E-state index is 11.2. The van der Waals surface area contributed by atoms with Crippen molar-refractivity contribution in [2.24, 2.45) is 0 Å². The SMILES string of the molecule is CCNC(=O)CNc1cc(C(C)C)ncn1. The lowest BCUT2D eigenvalue weighted by Crippen LogP contribution is -2.29. The molecule has 0 saturated heterocycles. The smallest absolute Gasteiger partial charge is 0.239 e. The number of nitrogens with zero attached hydrogens (tertiary/aromatic N) is 2. The van der Waals surface area contributed by atoms with E-state index in [1.165, 1.54) is 6.33 Å². The van der Waals surface area contributed by atoms with Crippen LogP contribution in [-0.2, 0) is 4.79 Å². The zero-order valence-electron chi connectivity index (χ0n) is 9.95. The van der Waals surface area contributed by atoms with E-state index in [1.54, 1.807) is 0 Å². The molecule has 16 heavy (non-hydrogen) atoms. The molecule has 0 bridgehead atoms. The van der Waals surface area contributed by atoms with E-state index in [4.69, 9.17) is 0 Å². The molecule has 0 atom stereocenters.